The summed E-state index contributed by atoms with van der Waals surface area (Å²) in [6.45, 7) is 2.24. The number of carbonyl (C=O) groups is 2. The largest absolute Gasteiger partial charge is 0.461 e. The van der Waals surface area contributed by atoms with E-state index in [1.54, 1.807) is 12.3 Å². The maximum Gasteiger partial charge on any atom is 0.357 e. The van der Waals surface area contributed by atoms with E-state index >= 15 is 0 Å². The van der Waals surface area contributed by atoms with E-state index in [9.17, 15) is 9.59 Å². The average molecular weight is 269 g/mol. The van der Waals surface area contributed by atoms with Crippen molar-refractivity contribution in [1.29, 1.82) is 0 Å². The molecular formula is C11H15N3O3S. The lowest BCUT2D eigenvalue weighted by atomic mass is 10.5. The van der Waals surface area contributed by atoms with Gasteiger partial charge in [0.2, 0.25) is 5.91 Å². The zero-order valence-electron chi connectivity index (χ0n) is 10.1. The SMILES string of the molecule is CCOC(=O)c1csc(NCC(=O)NC2CC2)n1. The molecule has 1 fully saturated rings. The van der Waals surface area contributed by atoms with E-state index in [4.69, 9.17) is 4.74 Å². The van der Waals surface area contributed by atoms with Gasteiger partial charge in [-0.1, -0.05) is 0 Å². The van der Waals surface area contributed by atoms with Gasteiger partial charge in [-0.3, -0.25) is 4.79 Å². The van der Waals surface area contributed by atoms with Crippen molar-refractivity contribution in [2.75, 3.05) is 18.5 Å². The second kappa shape index (κ2) is 5.81. The zero-order valence-corrected chi connectivity index (χ0v) is 10.9. The van der Waals surface area contributed by atoms with Gasteiger partial charge in [0.05, 0.1) is 13.2 Å². The zero-order chi connectivity index (χ0) is 13.0. The minimum atomic E-state index is -0.441. The maximum atomic E-state index is 11.4. The maximum absolute atomic E-state index is 11.4. The molecule has 2 rings (SSSR count). The third kappa shape index (κ3) is 3.69. The highest BCUT2D eigenvalue weighted by molar-refractivity contribution is 7.13. The fourth-order valence-electron chi connectivity index (χ4n) is 1.32. The van der Waals surface area contributed by atoms with Gasteiger partial charge in [0, 0.05) is 11.4 Å². The van der Waals surface area contributed by atoms with E-state index in [-0.39, 0.29) is 18.1 Å². The smallest absolute Gasteiger partial charge is 0.357 e. The summed E-state index contributed by atoms with van der Waals surface area (Å²) in [6.07, 6.45) is 2.13. The van der Waals surface area contributed by atoms with Crippen molar-refractivity contribution in [3.8, 4) is 0 Å². The predicted octanol–water partition coefficient (Wildman–Crippen LogP) is 1.01. The molecule has 18 heavy (non-hydrogen) atoms. The number of nitrogens with zero attached hydrogens (tertiary/aromatic N) is 1. The molecule has 2 N–H and O–H groups in total. The van der Waals surface area contributed by atoms with Crippen molar-refractivity contribution in [2.45, 2.75) is 25.8 Å². The number of amides is 1. The molecular weight excluding hydrogens is 254 g/mol. The molecule has 1 aliphatic carbocycles. The number of carbonyl (C=O) groups excluding carboxylic acids is 2. The molecule has 1 aromatic rings. The molecule has 98 valence electrons. The molecule has 1 aromatic heterocycles. The molecule has 0 radical (unpaired) electrons. The molecule has 6 nitrogen and oxygen atoms in total. The van der Waals surface area contributed by atoms with Gasteiger partial charge in [-0.25, -0.2) is 9.78 Å². The predicted molar refractivity (Wildman–Crippen MR) is 67.7 cm³/mol. The molecule has 7 heteroatoms. The first-order valence-corrected chi connectivity index (χ1v) is 6.73. The standard InChI is InChI=1S/C11H15N3O3S/c1-2-17-10(16)8-6-18-11(14-8)12-5-9(15)13-7-3-4-7/h6-7H,2-5H2,1H3,(H,12,14)(H,13,15). The molecule has 0 saturated heterocycles. The second-order valence-electron chi connectivity index (χ2n) is 3.95. The lowest BCUT2D eigenvalue weighted by molar-refractivity contribution is -0.119. The van der Waals surface area contributed by atoms with Gasteiger partial charge in [0.1, 0.15) is 0 Å². The van der Waals surface area contributed by atoms with Crippen LogP contribution in [0.5, 0.6) is 0 Å². The highest BCUT2D eigenvalue weighted by Crippen LogP contribution is 2.19. The number of aromatic nitrogens is 1. The van der Waals surface area contributed by atoms with Crippen molar-refractivity contribution < 1.29 is 14.3 Å². The molecule has 0 unspecified atom stereocenters. The summed E-state index contributed by atoms with van der Waals surface area (Å²) in [5.74, 6) is -0.491. The average Bonchev–Trinajstić information content (AvgIpc) is 3.02. The van der Waals surface area contributed by atoms with E-state index < -0.39 is 5.97 Å². The van der Waals surface area contributed by atoms with Gasteiger partial charge in [0.15, 0.2) is 10.8 Å². The van der Waals surface area contributed by atoms with Crippen LogP contribution in [-0.2, 0) is 9.53 Å². The van der Waals surface area contributed by atoms with Crippen LogP contribution in [-0.4, -0.2) is 36.1 Å². The lowest BCUT2D eigenvalue weighted by Crippen LogP contribution is -2.31. The summed E-state index contributed by atoms with van der Waals surface area (Å²) in [4.78, 5) is 26.8. The van der Waals surface area contributed by atoms with E-state index in [0.717, 1.165) is 12.8 Å². The number of nitrogens with one attached hydrogen (secondary N) is 2. The van der Waals surface area contributed by atoms with Crippen molar-refractivity contribution in [3.63, 3.8) is 0 Å². The van der Waals surface area contributed by atoms with Crippen LogP contribution in [0.4, 0.5) is 5.13 Å². The summed E-state index contributed by atoms with van der Waals surface area (Å²) in [7, 11) is 0. The Balaban J connectivity index is 1.78. The van der Waals surface area contributed by atoms with Crippen LogP contribution in [0.2, 0.25) is 0 Å². The van der Waals surface area contributed by atoms with Crippen molar-refractivity contribution >= 4 is 28.3 Å². The van der Waals surface area contributed by atoms with Crippen LogP contribution in [0.1, 0.15) is 30.3 Å². The van der Waals surface area contributed by atoms with E-state index in [1.807, 2.05) is 0 Å². The van der Waals surface area contributed by atoms with E-state index in [1.165, 1.54) is 11.3 Å². The molecule has 0 aliphatic heterocycles. The first-order chi connectivity index (χ1) is 8.69. The second-order valence-corrected chi connectivity index (χ2v) is 4.81. The molecule has 1 aliphatic rings. The van der Waals surface area contributed by atoms with Crippen LogP contribution in [0, 0.1) is 0 Å². The summed E-state index contributed by atoms with van der Waals surface area (Å²) in [5, 5.41) is 7.90. The third-order valence-electron chi connectivity index (χ3n) is 2.33. The fourth-order valence-corrected chi connectivity index (χ4v) is 1.99. The van der Waals surface area contributed by atoms with Crippen molar-refractivity contribution in [2.24, 2.45) is 0 Å². The Labute approximate surface area is 109 Å². The summed E-state index contributed by atoms with van der Waals surface area (Å²) in [6, 6.07) is 0.352. The molecule has 1 amide bonds. The first-order valence-electron chi connectivity index (χ1n) is 5.85. The van der Waals surface area contributed by atoms with Gasteiger partial charge in [-0.05, 0) is 19.8 Å². The van der Waals surface area contributed by atoms with E-state index in [0.29, 0.717) is 17.8 Å². The molecule has 0 bridgehead atoms. The number of rotatable bonds is 6. The van der Waals surface area contributed by atoms with Gasteiger partial charge in [-0.2, -0.15) is 0 Å². The van der Waals surface area contributed by atoms with Gasteiger partial charge in [-0.15, -0.1) is 11.3 Å². The van der Waals surface area contributed by atoms with Gasteiger partial charge in [0.25, 0.3) is 0 Å². The lowest BCUT2D eigenvalue weighted by Gasteiger charge is -2.03. The topological polar surface area (TPSA) is 80.3 Å². The fraction of sp³-hybridized carbons (Fsp3) is 0.545. The monoisotopic (exact) mass is 269 g/mol. The number of hydrogen-bond acceptors (Lipinski definition) is 6. The summed E-state index contributed by atoms with van der Waals surface area (Å²) in [5.41, 5.74) is 0.270. The molecule has 0 atom stereocenters. The van der Waals surface area contributed by atoms with Crippen LogP contribution < -0.4 is 10.6 Å². The number of anilines is 1. The third-order valence-corrected chi connectivity index (χ3v) is 3.13. The highest BCUT2D eigenvalue weighted by atomic mass is 32.1. The number of ether oxygens (including phenoxy) is 1. The van der Waals surface area contributed by atoms with Crippen LogP contribution >= 0.6 is 11.3 Å². The Morgan fingerprint density at radius 3 is 3.00 bits per heavy atom. The number of thiazole rings is 1. The van der Waals surface area contributed by atoms with Crippen LogP contribution in [0.15, 0.2) is 5.38 Å². The van der Waals surface area contributed by atoms with Crippen LogP contribution in [0.25, 0.3) is 0 Å². The quantitative estimate of drug-likeness (QED) is 0.753. The molecule has 0 spiro atoms. The Morgan fingerprint density at radius 2 is 2.33 bits per heavy atom. The van der Waals surface area contributed by atoms with Crippen molar-refractivity contribution in [3.05, 3.63) is 11.1 Å². The minimum Gasteiger partial charge on any atom is -0.461 e. The first kappa shape index (κ1) is 12.8. The Bertz CT molecular complexity index is 442. The molecule has 0 aromatic carbocycles. The Kier molecular flexibility index (Phi) is 4.14. The molecule has 1 saturated carbocycles. The molecule has 1 heterocycles. The number of hydrogen-bond donors (Lipinski definition) is 2. The van der Waals surface area contributed by atoms with Crippen LogP contribution in [0.3, 0.4) is 0 Å². The normalized spacial score (nSPS) is 14.1. The minimum absolute atomic E-state index is 0.0506. The number of esters is 1. The van der Waals surface area contributed by atoms with E-state index in [2.05, 4.69) is 15.6 Å². The van der Waals surface area contributed by atoms with Gasteiger partial charge >= 0.3 is 5.97 Å². The van der Waals surface area contributed by atoms with Crippen molar-refractivity contribution in [1.82, 2.24) is 10.3 Å². The Morgan fingerprint density at radius 1 is 1.56 bits per heavy atom. The summed E-state index contributed by atoms with van der Waals surface area (Å²) >= 11 is 1.28. The highest BCUT2D eigenvalue weighted by Gasteiger charge is 2.23. The Hall–Kier alpha value is -1.63. The van der Waals surface area contributed by atoms with Gasteiger partial charge < -0.3 is 15.4 Å². The summed E-state index contributed by atoms with van der Waals surface area (Å²) < 4.78 is 4.83.